The number of rotatable bonds is 6. The van der Waals surface area contributed by atoms with Gasteiger partial charge in [0.1, 0.15) is 18.1 Å². The molecular weight excluding hydrogens is 338 g/mol. The molecule has 9 nitrogen and oxygen atoms in total. The summed E-state index contributed by atoms with van der Waals surface area (Å²) in [4.78, 5) is 15.9. The Morgan fingerprint density at radius 3 is 2.88 bits per heavy atom. The summed E-state index contributed by atoms with van der Waals surface area (Å²) in [6.45, 7) is 2.45. The number of aryl methyl sites for hydroxylation is 2. The van der Waals surface area contributed by atoms with E-state index in [0.717, 1.165) is 11.3 Å². The first-order valence-electron chi connectivity index (χ1n) is 7.92. The molecule has 3 rings (SSSR count). The van der Waals surface area contributed by atoms with Gasteiger partial charge in [0, 0.05) is 31.0 Å². The Morgan fingerprint density at radius 2 is 2.23 bits per heavy atom. The molecule has 0 spiro atoms. The second-order valence-corrected chi connectivity index (χ2v) is 5.43. The topological polar surface area (TPSA) is 117 Å². The van der Waals surface area contributed by atoms with Crippen LogP contribution in [0.3, 0.4) is 0 Å². The first-order chi connectivity index (χ1) is 12.6. The van der Waals surface area contributed by atoms with E-state index >= 15 is 0 Å². The quantitative estimate of drug-likeness (QED) is 0.695. The summed E-state index contributed by atoms with van der Waals surface area (Å²) < 4.78 is 17.5. The zero-order valence-electron chi connectivity index (χ0n) is 14.4. The van der Waals surface area contributed by atoms with Crippen molar-refractivity contribution < 1.29 is 18.7 Å². The molecule has 0 aliphatic rings. The van der Waals surface area contributed by atoms with Crippen molar-refractivity contribution >= 4 is 11.8 Å². The number of ether oxygens (including phenoxy) is 2. The maximum Gasteiger partial charge on any atom is 0.419 e. The van der Waals surface area contributed by atoms with Crippen LogP contribution in [0.25, 0.3) is 11.3 Å². The molecule has 0 aliphatic heterocycles. The van der Waals surface area contributed by atoms with Gasteiger partial charge in [-0.3, -0.25) is 10.00 Å². The lowest BCUT2D eigenvalue weighted by Gasteiger charge is -2.13. The smallest absolute Gasteiger partial charge is 0.419 e. The van der Waals surface area contributed by atoms with Crippen LogP contribution in [0.4, 0.5) is 10.5 Å². The first kappa shape index (κ1) is 17.5. The molecule has 2 heterocycles. The van der Waals surface area contributed by atoms with Crippen molar-refractivity contribution in [3.8, 4) is 23.0 Å². The molecule has 9 heteroatoms. The van der Waals surface area contributed by atoms with E-state index in [4.69, 9.17) is 19.6 Å². The van der Waals surface area contributed by atoms with Gasteiger partial charge in [0.15, 0.2) is 6.39 Å². The monoisotopic (exact) mass is 357 g/mol. The number of carbonyl (C=O) groups excluding carboxylic acids is 1. The van der Waals surface area contributed by atoms with E-state index in [0.29, 0.717) is 30.3 Å². The van der Waals surface area contributed by atoms with E-state index in [2.05, 4.69) is 15.4 Å². The number of carbonyl (C=O) groups is 1. The summed E-state index contributed by atoms with van der Waals surface area (Å²) in [7, 11) is 1.82. The number of nitrogens with one attached hydrogen (secondary N) is 1. The molecule has 3 N–H and O–H groups in total. The second-order valence-electron chi connectivity index (χ2n) is 5.43. The van der Waals surface area contributed by atoms with Crippen LogP contribution in [-0.2, 0) is 7.05 Å². The van der Waals surface area contributed by atoms with Crippen molar-refractivity contribution in [2.24, 2.45) is 12.8 Å². The van der Waals surface area contributed by atoms with E-state index in [1.807, 2.05) is 13.1 Å². The van der Waals surface area contributed by atoms with Crippen LogP contribution < -0.4 is 20.5 Å². The average Bonchev–Trinajstić information content (AvgIpc) is 3.22. The minimum absolute atomic E-state index is 0.0530. The Hall–Kier alpha value is -3.33. The summed E-state index contributed by atoms with van der Waals surface area (Å²) in [6, 6.07) is 7.09. The molecule has 0 radical (unpaired) electrons. The fourth-order valence-electron chi connectivity index (χ4n) is 2.36. The first-order valence-corrected chi connectivity index (χ1v) is 7.92. The van der Waals surface area contributed by atoms with Crippen molar-refractivity contribution in [1.29, 1.82) is 0 Å². The molecule has 0 bridgehead atoms. The maximum absolute atomic E-state index is 12.1. The molecular formula is C17H19N5O4. The van der Waals surface area contributed by atoms with Crippen LogP contribution in [0, 0.1) is 6.92 Å². The molecule has 0 fully saturated rings. The molecule has 0 atom stereocenters. The summed E-state index contributed by atoms with van der Waals surface area (Å²) >= 11 is 0. The lowest BCUT2D eigenvalue weighted by atomic mass is 10.1. The van der Waals surface area contributed by atoms with Crippen LogP contribution >= 0.6 is 0 Å². The molecule has 1 aromatic carbocycles. The number of amides is 1. The predicted molar refractivity (Wildman–Crippen MR) is 94.1 cm³/mol. The van der Waals surface area contributed by atoms with Crippen LogP contribution in [0.1, 0.15) is 5.69 Å². The molecule has 1 amide bonds. The number of benzene rings is 1. The molecule has 0 aliphatic carbocycles. The van der Waals surface area contributed by atoms with Gasteiger partial charge >= 0.3 is 12.0 Å². The van der Waals surface area contributed by atoms with E-state index in [1.54, 1.807) is 36.0 Å². The summed E-state index contributed by atoms with van der Waals surface area (Å²) in [5.41, 5.74) is 8.14. The largest absolute Gasteiger partial charge is 0.492 e. The van der Waals surface area contributed by atoms with Gasteiger partial charge in [0.05, 0.1) is 5.69 Å². The Bertz CT molecular complexity index is 902. The maximum atomic E-state index is 12.1. The highest BCUT2D eigenvalue weighted by atomic mass is 16.6. The van der Waals surface area contributed by atoms with Crippen molar-refractivity contribution in [2.75, 3.05) is 18.5 Å². The molecule has 26 heavy (non-hydrogen) atoms. The number of hydrogen-bond donors (Lipinski definition) is 2. The van der Waals surface area contributed by atoms with Gasteiger partial charge in [-0.25, -0.2) is 9.78 Å². The third-order valence-corrected chi connectivity index (χ3v) is 3.59. The third-order valence-electron chi connectivity index (χ3n) is 3.59. The zero-order valence-corrected chi connectivity index (χ0v) is 14.4. The van der Waals surface area contributed by atoms with E-state index < -0.39 is 6.09 Å². The highest BCUT2D eigenvalue weighted by Crippen LogP contribution is 2.32. The highest BCUT2D eigenvalue weighted by molar-refractivity contribution is 5.87. The number of anilines is 1. The fraction of sp³-hybridized carbons (Fsp3) is 0.235. The normalized spacial score (nSPS) is 10.6. The van der Waals surface area contributed by atoms with Crippen LogP contribution in [0.5, 0.6) is 11.7 Å². The van der Waals surface area contributed by atoms with Crippen molar-refractivity contribution in [1.82, 2.24) is 14.8 Å². The van der Waals surface area contributed by atoms with Crippen LogP contribution in [-0.4, -0.2) is 34.0 Å². The molecule has 3 aromatic rings. The molecule has 2 aromatic heterocycles. The van der Waals surface area contributed by atoms with E-state index in [-0.39, 0.29) is 5.95 Å². The van der Waals surface area contributed by atoms with Gasteiger partial charge in [-0.15, -0.1) is 0 Å². The van der Waals surface area contributed by atoms with Gasteiger partial charge in [-0.05, 0) is 31.2 Å². The van der Waals surface area contributed by atoms with Crippen molar-refractivity contribution in [3.05, 3.63) is 42.5 Å². The average molecular weight is 357 g/mol. The lowest BCUT2D eigenvalue weighted by Crippen LogP contribution is -2.17. The van der Waals surface area contributed by atoms with Gasteiger partial charge in [0.25, 0.3) is 0 Å². The minimum Gasteiger partial charge on any atom is -0.492 e. The zero-order chi connectivity index (χ0) is 18.5. The van der Waals surface area contributed by atoms with Gasteiger partial charge in [-0.1, -0.05) is 0 Å². The number of nitrogens with two attached hydrogens (primary N) is 1. The number of aromatic nitrogens is 3. The van der Waals surface area contributed by atoms with E-state index in [9.17, 15) is 4.79 Å². The van der Waals surface area contributed by atoms with Crippen LogP contribution in [0.2, 0.25) is 0 Å². The molecule has 0 saturated carbocycles. The standard InChI is InChI=1S/C17H19N5O4/c1-11-16(25-10-19-11)26-17(23)21-12-3-4-15(24-8-6-18)13(9-12)14-5-7-20-22(14)2/h3-5,7,9-10H,6,8,18H2,1-2H3,(H,21,23). The number of oxazole rings is 1. The van der Waals surface area contributed by atoms with Gasteiger partial charge in [-0.2, -0.15) is 5.10 Å². The fourth-order valence-corrected chi connectivity index (χ4v) is 2.36. The third kappa shape index (κ3) is 3.83. The molecule has 136 valence electrons. The van der Waals surface area contributed by atoms with Crippen molar-refractivity contribution in [3.63, 3.8) is 0 Å². The Labute approximate surface area is 149 Å². The minimum atomic E-state index is -0.684. The SMILES string of the molecule is Cc1ncoc1OC(=O)Nc1ccc(OCCN)c(-c2ccnn2C)c1. The molecule has 0 saturated heterocycles. The van der Waals surface area contributed by atoms with Crippen molar-refractivity contribution in [2.45, 2.75) is 6.92 Å². The van der Waals surface area contributed by atoms with Gasteiger partial charge in [0.2, 0.25) is 0 Å². The number of nitrogens with zero attached hydrogens (tertiary/aromatic N) is 3. The highest BCUT2D eigenvalue weighted by Gasteiger charge is 2.15. The van der Waals surface area contributed by atoms with Crippen LogP contribution in [0.15, 0.2) is 41.3 Å². The Kier molecular flexibility index (Phi) is 5.18. The predicted octanol–water partition coefficient (Wildman–Crippen LogP) is 2.33. The second kappa shape index (κ2) is 7.70. The lowest BCUT2D eigenvalue weighted by molar-refractivity contribution is 0.201. The number of hydrogen-bond acceptors (Lipinski definition) is 7. The molecule has 0 unspecified atom stereocenters. The Morgan fingerprint density at radius 1 is 1.38 bits per heavy atom. The summed E-state index contributed by atoms with van der Waals surface area (Å²) in [5.74, 6) is 0.696. The summed E-state index contributed by atoms with van der Waals surface area (Å²) in [5, 5.41) is 6.82. The van der Waals surface area contributed by atoms with E-state index in [1.165, 1.54) is 6.39 Å². The summed E-state index contributed by atoms with van der Waals surface area (Å²) in [6.07, 6.45) is 2.21. The Balaban J connectivity index is 1.83. The van der Waals surface area contributed by atoms with Gasteiger partial charge < -0.3 is 19.6 Å².